The Bertz CT molecular complexity index is 1520. The van der Waals surface area contributed by atoms with Gasteiger partial charge < -0.3 is 14.4 Å². The van der Waals surface area contributed by atoms with Crippen molar-refractivity contribution in [3.05, 3.63) is 83.3 Å². The molecular formula is C30H31FN4O3. The fourth-order valence-corrected chi connectivity index (χ4v) is 5.51. The number of morpholine rings is 1. The summed E-state index contributed by atoms with van der Waals surface area (Å²) in [5, 5.41) is 2.71. The van der Waals surface area contributed by atoms with Crippen LogP contribution in [0.5, 0.6) is 5.75 Å². The van der Waals surface area contributed by atoms with Gasteiger partial charge in [0.05, 0.1) is 42.2 Å². The molecule has 196 valence electrons. The lowest BCUT2D eigenvalue weighted by atomic mass is 9.92. The SMILES string of the molecule is Cc1cc(F)cc(C)c1-c1cccc2c(N3CCOCC3)c(C(=O)NN3CCOc4ccccc43)cnc12.[HH]. The van der Waals surface area contributed by atoms with E-state index in [9.17, 15) is 9.18 Å². The molecule has 7 nitrogen and oxygen atoms in total. The first-order valence-electron chi connectivity index (χ1n) is 12.8. The predicted molar refractivity (Wildman–Crippen MR) is 149 cm³/mol. The van der Waals surface area contributed by atoms with Crippen LogP contribution in [0.4, 0.5) is 15.8 Å². The fraction of sp³-hybridized carbons (Fsp3) is 0.267. The van der Waals surface area contributed by atoms with Gasteiger partial charge in [-0.1, -0.05) is 30.3 Å². The maximum atomic E-state index is 14.1. The van der Waals surface area contributed by atoms with Crippen molar-refractivity contribution in [3.8, 4) is 16.9 Å². The number of anilines is 2. The molecule has 0 spiro atoms. The Balaban J connectivity index is 0.00000308. The number of nitrogens with zero attached hydrogens (tertiary/aromatic N) is 3. The summed E-state index contributed by atoms with van der Waals surface area (Å²) in [6.07, 6.45) is 1.66. The Hall–Kier alpha value is -4.17. The molecule has 0 bridgehead atoms. The molecule has 3 aromatic carbocycles. The van der Waals surface area contributed by atoms with Gasteiger partial charge in [0.15, 0.2) is 0 Å². The molecule has 0 aliphatic carbocycles. The second-order valence-corrected chi connectivity index (χ2v) is 9.64. The van der Waals surface area contributed by atoms with Gasteiger partial charge >= 0.3 is 0 Å². The molecule has 0 radical (unpaired) electrons. The smallest absolute Gasteiger partial charge is 0.273 e. The van der Waals surface area contributed by atoms with Crippen molar-refractivity contribution in [1.29, 1.82) is 0 Å². The number of aromatic nitrogens is 1. The van der Waals surface area contributed by atoms with Crippen LogP contribution in [0.25, 0.3) is 22.0 Å². The average molecular weight is 515 g/mol. The maximum Gasteiger partial charge on any atom is 0.273 e. The number of hydrogen-bond acceptors (Lipinski definition) is 6. The topological polar surface area (TPSA) is 66.9 Å². The van der Waals surface area contributed by atoms with Gasteiger partial charge in [-0.3, -0.25) is 20.2 Å². The summed E-state index contributed by atoms with van der Waals surface area (Å²) in [5.74, 6) is 0.241. The van der Waals surface area contributed by atoms with Crippen LogP contribution in [0, 0.1) is 19.7 Å². The van der Waals surface area contributed by atoms with Gasteiger partial charge in [-0.2, -0.15) is 0 Å². The quantitative estimate of drug-likeness (QED) is 0.400. The summed E-state index contributed by atoms with van der Waals surface area (Å²) >= 11 is 0. The van der Waals surface area contributed by atoms with Crippen LogP contribution in [0.15, 0.2) is 60.8 Å². The maximum absolute atomic E-state index is 14.1. The highest BCUT2D eigenvalue weighted by Gasteiger charge is 2.26. The van der Waals surface area contributed by atoms with Crippen molar-refractivity contribution in [2.75, 3.05) is 49.4 Å². The summed E-state index contributed by atoms with van der Waals surface area (Å²) in [7, 11) is 0. The van der Waals surface area contributed by atoms with E-state index in [0.29, 0.717) is 45.0 Å². The van der Waals surface area contributed by atoms with Gasteiger partial charge in [0.2, 0.25) is 0 Å². The number of aryl methyl sites for hydroxylation is 2. The average Bonchev–Trinajstić information content (AvgIpc) is 2.92. The van der Waals surface area contributed by atoms with E-state index in [1.807, 2.05) is 61.3 Å². The van der Waals surface area contributed by atoms with Crippen molar-refractivity contribution >= 4 is 28.2 Å². The van der Waals surface area contributed by atoms with Crippen LogP contribution < -0.4 is 20.1 Å². The molecule has 3 heterocycles. The van der Waals surface area contributed by atoms with E-state index < -0.39 is 0 Å². The zero-order valence-electron chi connectivity index (χ0n) is 21.5. The molecule has 1 saturated heterocycles. The highest BCUT2D eigenvalue weighted by atomic mass is 19.1. The lowest BCUT2D eigenvalue weighted by Gasteiger charge is -2.33. The molecule has 0 saturated carbocycles. The van der Waals surface area contributed by atoms with Crippen LogP contribution in [0.1, 0.15) is 22.9 Å². The molecule has 2 aliphatic heterocycles. The molecule has 4 aromatic rings. The third-order valence-corrected chi connectivity index (χ3v) is 7.17. The lowest BCUT2D eigenvalue weighted by molar-refractivity contribution is 0.0943. The molecule has 0 unspecified atom stereocenters. The molecule has 6 rings (SSSR count). The van der Waals surface area contributed by atoms with E-state index in [0.717, 1.165) is 50.3 Å². The second-order valence-electron chi connectivity index (χ2n) is 9.64. The first kappa shape index (κ1) is 24.2. The van der Waals surface area contributed by atoms with E-state index in [-0.39, 0.29) is 13.2 Å². The van der Waals surface area contributed by atoms with Crippen LogP contribution in [-0.4, -0.2) is 50.3 Å². The highest BCUT2D eigenvalue weighted by molar-refractivity contribution is 6.10. The van der Waals surface area contributed by atoms with Crippen molar-refractivity contribution in [2.24, 2.45) is 0 Å². The van der Waals surface area contributed by atoms with Gasteiger partial charge in [0.1, 0.15) is 18.2 Å². The highest BCUT2D eigenvalue weighted by Crippen LogP contribution is 2.38. The van der Waals surface area contributed by atoms with Gasteiger partial charge in [0.25, 0.3) is 5.91 Å². The van der Waals surface area contributed by atoms with Crippen molar-refractivity contribution < 1.29 is 20.1 Å². The Morgan fingerprint density at radius 3 is 2.55 bits per heavy atom. The normalized spacial score (nSPS) is 15.2. The van der Waals surface area contributed by atoms with Crippen LogP contribution in [0.3, 0.4) is 0 Å². The molecule has 1 aromatic heterocycles. The third-order valence-electron chi connectivity index (χ3n) is 7.17. The number of ether oxygens (including phenoxy) is 2. The number of pyridine rings is 1. The van der Waals surface area contributed by atoms with E-state index >= 15 is 0 Å². The number of carbonyl (C=O) groups excluding carboxylic acids is 1. The van der Waals surface area contributed by atoms with E-state index in [2.05, 4.69) is 10.3 Å². The second kappa shape index (κ2) is 9.95. The number of hydrazine groups is 1. The first-order chi connectivity index (χ1) is 18.5. The Morgan fingerprint density at radius 1 is 1.00 bits per heavy atom. The lowest BCUT2D eigenvalue weighted by Crippen LogP contribution is -2.47. The summed E-state index contributed by atoms with van der Waals surface area (Å²) in [4.78, 5) is 20.8. The number of para-hydroxylation sites is 3. The third kappa shape index (κ3) is 4.31. The van der Waals surface area contributed by atoms with E-state index in [1.165, 1.54) is 0 Å². The van der Waals surface area contributed by atoms with Gasteiger partial charge in [-0.15, -0.1) is 0 Å². The summed E-state index contributed by atoms with van der Waals surface area (Å²) in [6.45, 7) is 7.32. The summed E-state index contributed by atoms with van der Waals surface area (Å²) in [6, 6.07) is 16.7. The zero-order valence-corrected chi connectivity index (χ0v) is 21.5. The minimum Gasteiger partial charge on any atom is -0.489 e. The van der Waals surface area contributed by atoms with E-state index in [4.69, 9.17) is 14.5 Å². The van der Waals surface area contributed by atoms with Crippen molar-refractivity contribution in [3.63, 3.8) is 0 Å². The summed E-state index contributed by atoms with van der Waals surface area (Å²) in [5.41, 5.74) is 9.57. The molecule has 8 heteroatoms. The fourth-order valence-electron chi connectivity index (χ4n) is 5.51. The summed E-state index contributed by atoms with van der Waals surface area (Å²) < 4.78 is 25.4. The molecule has 2 aliphatic rings. The number of rotatable bonds is 4. The molecule has 1 fully saturated rings. The van der Waals surface area contributed by atoms with Crippen LogP contribution >= 0.6 is 0 Å². The molecule has 38 heavy (non-hydrogen) atoms. The molecule has 0 atom stereocenters. The van der Waals surface area contributed by atoms with Crippen molar-refractivity contribution in [2.45, 2.75) is 13.8 Å². The monoisotopic (exact) mass is 514 g/mol. The van der Waals surface area contributed by atoms with Crippen molar-refractivity contribution in [1.82, 2.24) is 10.4 Å². The Labute approximate surface area is 222 Å². The number of hydrogen-bond donors (Lipinski definition) is 1. The number of carbonyl (C=O) groups is 1. The minimum absolute atomic E-state index is 0. The van der Waals surface area contributed by atoms with Gasteiger partial charge in [0, 0.05) is 31.7 Å². The molecule has 1 N–H and O–H groups in total. The van der Waals surface area contributed by atoms with Crippen LogP contribution in [-0.2, 0) is 4.74 Å². The first-order valence-corrected chi connectivity index (χ1v) is 12.8. The number of fused-ring (bicyclic) bond motifs is 2. The van der Waals surface area contributed by atoms with Gasteiger partial charge in [-0.05, 0) is 54.8 Å². The van der Waals surface area contributed by atoms with Gasteiger partial charge in [-0.25, -0.2) is 4.39 Å². The number of benzene rings is 3. The standard InChI is InChI=1S/C30H29FN4O3.H2/c1-19-16-21(31)17-20(2)27(19)22-6-5-7-23-28(22)32-18-24(29(23)34-10-13-37-14-11-34)30(36)33-35-12-15-38-26-9-4-3-8-25(26)35;/h3-9,16-18H,10-15H2,1-2H3,(H,33,36);1H. The number of nitrogens with one attached hydrogen (secondary N) is 1. The number of amides is 1. The van der Waals surface area contributed by atoms with Crippen LogP contribution in [0.2, 0.25) is 0 Å². The molecular weight excluding hydrogens is 483 g/mol. The predicted octanol–water partition coefficient (Wildman–Crippen LogP) is 5.28. The largest absolute Gasteiger partial charge is 0.489 e. The van der Waals surface area contributed by atoms with E-state index in [1.54, 1.807) is 18.3 Å². The molecule has 1 amide bonds. The number of halogens is 1. The Kier molecular flexibility index (Phi) is 6.33. The zero-order chi connectivity index (χ0) is 26.2. The minimum atomic E-state index is -0.255. The Morgan fingerprint density at radius 2 is 1.76 bits per heavy atom.